The Morgan fingerprint density at radius 2 is 2.32 bits per heavy atom. The van der Waals surface area contributed by atoms with Gasteiger partial charge >= 0.3 is 0 Å². The van der Waals surface area contributed by atoms with Crippen LogP contribution in [0.4, 0.5) is 0 Å². The van der Waals surface area contributed by atoms with Gasteiger partial charge in [-0.25, -0.2) is 0 Å². The number of rotatable bonds is 8. The number of aliphatic imine (C=N–C) groups is 1. The Balaban J connectivity index is 2.40. The minimum Gasteiger partial charge on any atom is -0.380 e. The second-order valence-electron chi connectivity index (χ2n) is 4.18. The second-order valence-corrected chi connectivity index (χ2v) is 5.22. The average molecular weight is 283 g/mol. The van der Waals surface area contributed by atoms with Gasteiger partial charge in [0.15, 0.2) is 5.96 Å². The molecule has 1 heterocycles. The molecular formula is C14H25N3OS. The smallest absolute Gasteiger partial charge is 0.193 e. The van der Waals surface area contributed by atoms with E-state index in [0.29, 0.717) is 13.2 Å². The number of hydrogen-bond donors (Lipinski definition) is 1. The Bertz CT molecular complexity index is 352. The molecule has 0 fully saturated rings. The lowest BCUT2D eigenvalue weighted by Gasteiger charge is -2.21. The van der Waals surface area contributed by atoms with Crippen molar-refractivity contribution in [3.8, 4) is 0 Å². The van der Waals surface area contributed by atoms with E-state index in [1.807, 2.05) is 18.3 Å². The molecule has 4 nitrogen and oxygen atoms in total. The molecule has 0 atom stereocenters. The molecule has 0 bridgehead atoms. The van der Waals surface area contributed by atoms with Crippen LogP contribution in [0.2, 0.25) is 0 Å². The highest BCUT2D eigenvalue weighted by Crippen LogP contribution is 2.09. The van der Waals surface area contributed by atoms with Crippen LogP contribution in [0.15, 0.2) is 22.5 Å². The fourth-order valence-electron chi connectivity index (χ4n) is 1.67. The maximum Gasteiger partial charge on any atom is 0.193 e. The van der Waals surface area contributed by atoms with Gasteiger partial charge in [-0.05, 0) is 31.7 Å². The minimum atomic E-state index is 0.685. The number of nitrogens with zero attached hydrogens (tertiary/aromatic N) is 2. The topological polar surface area (TPSA) is 36.9 Å². The van der Waals surface area contributed by atoms with Gasteiger partial charge in [0.2, 0.25) is 0 Å². The summed E-state index contributed by atoms with van der Waals surface area (Å²) in [6, 6.07) is 4.28. The van der Waals surface area contributed by atoms with Gasteiger partial charge in [-0.1, -0.05) is 6.07 Å². The maximum absolute atomic E-state index is 5.31. The predicted octanol–water partition coefficient (Wildman–Crippen LogP) is 2.22. The zero-order valence-electron chi connectivity index (χ0n) is 12.2. The number of guanidine groups is 1. The highest BCUT2D eigenvalue weighted by Gasteiger charge is 2.05. The van der Waals surface area contributed by atoms with Gasteiger partial charge in [0, 0.05) is 31.6 Å². The summed E-state index contributed by atoms with van der Waals surface area (Å²) in [5, 5.41) is 5.43. The summed E-state index contributed by atoms with van der Waals surface area (Å²) in [7, 11) is 2.08. The summed E-state index contributed by atoms with van der Waals surface area (Å²) in [6.07, 6.45) is 1.06. The Hall–Kier alpha value is -1.07. The molecule has 0 spiro atoms. The van der Waals surface area contributed by atoms with Crippen molar-refractivity contribution in [1.29, 1.82) is 0 Å². The lowest BCUT2D eigenvalue weighted by molar-refractivity contribution is 0.155. The molecule has 1 aromatic heterocycles. The zero-order valence-corrected chi connectivity index (χ0v) is 13.0. The Labute approximate surface area is 120 Å². The summed E-state index contributed by atoms with van der Waals surface area (Å²) >= 11 is 1.81. The molecule has 0 aliphatic carbocycles. The first-order chi connectivity index (χ1) is 9.27. The minimum absolute atomic E-state index is 0.685. The average Bonchev–Trinajstić information content (AvgIpc) is 2.93. The maximum atomic E-state index is 5.31. The van der Waals surface area contributed by atoms with Crippen molar-refractivity contribution in [2.75, 3.05) is 39.9 Å². The summed E-state index contributed by atoms with van der Waals surface area (Å²) in [5.74, 6) is 0.957. The number of thiophene rings is 1. The van der Waals surface area contributed by atoms with Crippen molar-refractivity contribution in [3.05, 3.63) is 22.4 Å². The van der Waals surface area contributed by atoms with E-state index >= 15 is 0 Å². The van der Waals surface area contributed by atoms with E-state index in [2.05, 4.69) is 46.7 Å². The first-order valence-electron chi connectivity index (χ1n) is 6.87. The van der Waals surface area contributed by atoms with E-state index in [1.54, 1.807) is 0 Å². The number of ether oxygens (including phenoxy) is 1. The van der Waals surface area contributed by atoms with E-state index in [4.69, 9.17) is 4.74 Å². The quantitative estimate of drug-likeness (QED) is 0.451. The van der Waals surface area contributed by atoms with Crippen LogP contribution in [0, 0.1) is 0 Å². The van der Waals surface area contributed by atoms with Gasteiger partial charge in [0.25, 0.3) is 0 Å². The standard InChI is InChI=1S/C14H25N3OS/c1-4-15-14(16-9-11-18-5-2)17(3)10-8-13-7-6-12-19-13/h6-7,12H,4-5,8-11H2,1-3H3,(H,15,16). The lowest BCUT2D eigenvalue weighted by atomic mass is 10.3. The van der Waals surface area contributed by atoms with Gasteiger partial charge in [0.1, 0.15) is 0 Å². The highest BCUT2D eigenvalue weighted by atomic mass is 32.1. The predicted molar refractivity (Wildman–Crippen MR) is 83.1 cm³/mol. The summed E-state index contributed by atoms with van der Waals surface area (Å²) in [5.41, 5.74) is 0. The van der Waals surface area contributed by atoms with Crippen molar-refractivity contribution in [1.82, 2.24) is 10.2 Å². The molecule has 1 aromatic rings. The van der Waals surface area contributed by atoms with Crippen LogP contribution in [0.25, 0.3) is 0 Å². The largest absolute Gasteiger partial charge is 0.380 e. The molecule has 0 aliphatic rings. The van der Waals surface area contributed by atoms with Crippen LogP contribution in [0.5, 0.6) is 0 Å². The van der Waals surface area contributed by atoms with E-state index in [-0.39, 0.29) is 0 Å². The van der Waals surface area contributed by atoms with E-state index in [9.17, 15) is 0 Å². The highest BCUT2D eigenvalue weighted by molar-refractivity contribution is 7.09. The van der Waals surface area contributed by atoms with Gasteiger partial charge in [-0.3, -0.25) is 4.99 Å². The van der Waals surface area contributed by atoms with Crippen LogP contribution in [-0.4, -0.2) is 50.8 Å². The van der Waals surface area contributed by atoms with Crippen molar-refractivity contribution in [2.45, 2.75) is 20.3 Å². The number of nitrogens with one attached hydrogen (secondary N) is 1. The summed E-state index contributed by atoms with van der Waals surface area (Å²) < 4.78 is 5.31. The molecule has 108 valence electrons. The van der Waals surface area contributed by atoms with E-state index < -0.39 is 0 Å². The summed E-state index contributed by atoms with van der Waals surface area (Å²) in [6.45, 7) is 8.09. The lowest BCUT2D eigenvalue weighted by Crippen LogP contribution is -2.40. The molecular weight excluding hydrogens is 258 g/mol. The van der Waals surface area contributed by atoms with Crippen LogP contribution in [0.1, 0.15) is 18.7 Å². The molecule has 5 heteroatoms. The molecule has 1 N–H and O–H groups in total. The number of hydrogen-bond acceptors (Lipinski definition) is 3. The van der Waals surface area contributed by atoms with Crippen molar-refractivity contribution < 1.29 is 4.74 Å². The Kier molecular flexibility index (Phi) is 8.25. The normalized spacial score (nSPS) is 11.6. The summed E-state index contributed by atoms with van der Waals surface area (Å²) in [4.78, 5) is 8.15. The van der Waals surface area contributed by atoms with Crippen LogP contribution < -0.4 is 5.32 Å². The fraction of sp³-hybridized carbons (Fsp3) is 0.643. The molecule has 0 aliphatic heterocycles. The third-order valence-electron chi connectivity index (χ3n) is 2.67. The Morgan fingerprint density at radius 1 is 1.47 bits per heavy atom. The first kappa shape index (κ1) is 16.0. The van der Waals surface area contributed by atoms with Gasteiger partial charge < -0.3 is 15.0 Å². The third-order valence-corrected chi connectivity index (χ3v) is 3.61. The van der Waals surface area contributed by atoms with Crippen LogP contribution in [0.3, 0.4) is 0 Å². The molecule has 0 unspecified atom stereocenters. The first-order valence-corrected chi connectivity index (χ1v) is 7.75. The van der Waals surface area contributed by atoms with Gasteiger partial charge in [-0.15, -0.1) is 11.3 Å². The van der Waals surface area contributed by atoms with Crippen LogP contribution >= 0.6 is 11.3 Å². The molecule has 0 saturated carbocycles. The van der Waals surface area contributed by atoms with Gasteiger partial charge in [0.05, 0.1) is 13.2 Å². The second kappa shape index (κ2) is 9.81. The van der Waals surface area contributed by atoms with Crippen molar-refractivity contribution in [2.24, 2.45) is 4.99 Å². The zero-order chi connectivity index (χ0) is 13.9. The molecule has 0 amide bonds. The SMILES string of the molecule is CCNC(=NCCOCC)N(C)CCc1cccs1. The monoisotopic (exact) mass is 283 g/mol. The van der Waals surface area contributed by atoms with E-state index in [0.717, 1.165) is 32.1 Å². The fourth-order valence-corrected chi connectivity index (χ4v) is 2.37. The van der Waals surface area contributed by atoms with Crippen molar-refractivity contribution >= 4 is 17.3 Å². The number of likely N-dealkylation sites (N-methyl/N-ethyl adjacent to an activating group) is 1. The molecule has 0 radical (unpaired) electrons. The van der Waals surface area contributed by atoms with Gasteiger partial charge in [-0.2, -0.15) is 0 Å². The Morgan fingerprint density at radius 3 is 2.95 bits per heavy atom. The van der Waals surface area contributed by atoms with Crippen molar-refractivity contribution in [3.63, 3.8) is 0 Å². The molecule has 19 heavy (non-hydrogen) atoms. The van der Waals surface area contributed by atoms with E-state index in [1.165, 1.54) is 4.88 Å². The third kappa shape index (κ3) is 6.59. The molecule has 0 saturated heterocycles. The molecule has 0 aromatic carbocycles. The molecule has 1 rings (SSSR count). The van der Waals surface area contributed by atoms with Crippen LogP contribution in [-0.2, 0) is 11.2 Å².